The molecule has 1 aromatic heterocycles. The van der Waals surface area contributed by atoms with E-state index in [1.165, 1.54) is 11.3 Å². The topological polar surface area (TPSA) is 29.6 Å². The summed E-state index contributed by atoms with van der Waals surface area (Å²) in [6, 6.07) is 12.9. The van der Waals surface area contributed by atoms with Crippen LogP contribution in [0.1, 0.15) is 5.56 Å². The zero-order valence-corrected chi connectivity index (χ0v) is 15.7. The fourth-order valence-electron chi connectivity index (χ4n) is 2.14. The van der Waals surface area contributed by atoms with Crippen LogP contribution < -0.4 is 4.80 Å². The van der Waals surface area contributed by atoms with Crippen LogP contribution in [0.15, 0.2) is 57.9 Å². The van der Waals surface area contributed by atoms with Crippen LogP contribution >= 0.6 is 46.1 Å². The molecule has 122 valence electrons. The second-order valence-corrected chi connectivity index (χ2v) is 6.92. The van der Waals surface area contributed by atoms with Crippen molar-refractivity contribution in [1.29, 1.82) is 0 Å². The standard InChI is InChI=1S/C17H12Cl3N3S/c1-21-17-23(22-9-11-4-2-3-5-14(11)19)16(10-24-17)13-7-6-12(18)8-15(13)20/h2-10H,1H3. The molecular formula is C17H12Cl3N3S. The molecule has 0 fully saturated rings. The second-order valence-electron chi connectivity index (χ2n) is 4.83. The number of halogens is 3. The van der Waals surface area contributed by atoms with E-state index in [1.54, 1.807) is 30.1 Å². The summed E-state index contributed by atoms with van der Waals surface area (Å²) in [5.41, 5.74) is 2.50. The number of aromatic nitrogens is 1. The van der Waals surface area contributed by atoms with Crippen molar-refractivity contribution in [3.63, 3.8) is 0 Å². The van der Waals surface area contributed by atoms with Crippen molar-refractivity contribution >= 4 is 52.4 Å². The van der Waals surface area contributed by atoms with Crippen molar-refractivity contribution in [2.24, 2.45) is 10.1 Å². The Kier molecular flexibility index (Phi) is 5.41. The number of hydrogen-bond acceptors (Lipinski definition) is 3. The molecule has 0 amide bonds. The molecule has 0 radical (unpaired) electrons. The van der Waals surface area contributed by atoms with Crippen LogP contribution in [-0.4, -0.2) is 17.9 Å². The maximum atomic E-state index is 6.33. The molecular weight excluding hydrogens is 385 g/mol. The van der Waals surface area contributed by atoms with Crippen LogP contribution in [0.4, 0.5) is 0 Å². The van der Waals surface area contributed by atoms with Crippen molar-refractivity contribution in [1.82, 2.24) is 4.68 Å². The maximum absolute atomic E-state index is 6.33. The van der Waals surface area contributed by atoms with E-state index < -0.39 is 0 Å². The molecule has 1 heterocycles. The van der Waals surface area contributed by atoms with Gasteiger partial charge in [0.2, 0.25) is 4.80 Å². The summed E-state index contributed by atoms with van der Waals surface area (Å²) >= 11 is 20.0. The van der Waals surface area contributed by atoms with Gasteiger partial charge in [-0.2, -0.15) is 5.10 Å². The fourth-order valence-corrected chi connectivity index (χ4v) is 3.63. The molecule has 24 heavy (non-hydrogen) atoms. The molecule has 0 saturated heterocycles. The first kappa shape index (κ1) is 17.2. The van der Waals surface area contributed by atoms with Crippen molar-refractivity contribution in [2.45, 2.75) is 0 Å². The molecule has 0 aliphatic rings. The number of nitrogens with zero attached hydrogens (tertiary/aromatic N) is 3. The highest BCUT2D eigenvalue weighted by Gasteiger charge is 2.11. The lowest BCUT2D eigenvalue weighted by Gasteiger charge is -2.06. The van der Waals surface area contributed by atoms with Gasteiger partial charge in [-0.25, -0.2) is 4.68 Å². The zero-order chi connectivity index (χ0) is 17.1. The Bertz CT molecular complexity index is 973. The minimum Gasteiger partial charge on any atom is -0.261 e. The first-order valence-electron chi connectivity index (χ1n) is 6.98. The van der Waals surface area contributed by atoms with E-state index in [4.69, 9.17) is 34.8 Å². The molecule has 0 unspecified atom stereocenters. The largest absolute Gasteiger partial charge is 0.261 e. The molecule has 7 heteroatoms. The van der Waals surface area contributed by atoms with Crippen LogP contribution in [0, 0.1) is 0 Å². The molecule has 0 saturated carbocycles. The molecule has 3 aromatic rings. The molecule has 0 atom stereocenters. The number of benzene rings is 2. The van der Waals surface area contributed by atoms with Gasteiger partial charge in [0.05, 0.1) is 16.9 Å². The number of thiazole rings is 1. The highest BCUT2D eigenvalue weighted by atomic mass is 35.5. The Morgan fingerprint density at radius 1 is 1.04 bits per heavy atom. The molecule has 0 bridgehead atoms. The molecule has 0 aliphatic carbocycles. The SMILES string of the molecule is CN=c1scc(-c2ccc(Cl)cc2Cl)n1N=Cc1ccccc1Cl. The lowest BCUT2D eigenvalue weighted by molar-refractivity contribution is 0.848. The van der Waals surface area contributed by atoms with Crippen LogP contribution in [0.25, 0.3) is 11.3 Å². The Labute approximate surface area is 158 Å². The van der Waals surface area contributed by atoms with E-state index >= 15 is 0 Å². The van der Waals surface area contributed by atoms with E-state index in [0.717, 1.165) is 21.6 Å². The second kappa shape index (κ2) is 7.53. The average Bonchev–Trinajstić information content (AvgIpc) is 2.97. The van der Waals surface area contributed by atoms with Gasteiger partial charge in [-0.1, -0.05) is 53.0 Å². The van der Waals surface area contributed by atoms with Gasteiger partial charge in [-0.05, 0) is 24.3 Å². The number of hydrogen-bond donors (Lipinski definition) is 0. The Hall–Kier alpha value is -1.59. The quantitative estimate of drug-likeness (QED) is 0.517. The van der Waals surface area contributed by atoms with Crippen molar-refractivity contribution in [3.8, 4) is 11.3 Å². The van der Waals surface area contributed by atoms with Gasteiger partial charge < -0.3 is 0 Å². The summed E-state index contributed by atoms with van der Waals surface area (Å²) in [5.74, 6) is 0. The predicted octanol–water partition coefficient (Wildman–Crippen LogP) is 5.59. The maximum Gasteiger partial charge on any atom is 0.205 e. The molecule has 0 aliphatic heterocycles. The molecule has 3 rings (SSSR count). The lowest BCUT2D eigenvalue weighted by atomic mass is 10.2. The summed E-state index contributed by atoms with van der Waals surface area (Å²) < 4.78 is 1.74. The highest BCUT2D eigenvalue weighted by Crippen LogP contribution is 2.30. The lowest BCUT2D eigenvalue weighted by Crippen LogP contribution is -2.11. The van der Waals surface area contributed by atoms with Gasteiger partial charge in [-0.15, -0.1) is 11.3 Å². The van der Waals surface area contributed by atoms with Gasteiger partial charge in [0.25, 0.3) is 0 Å². The van der Waals surface area contributed by atoms with Crippen molar-refractivity contribution in [3.05, 3.63) is 73.3 Å². The minimum atomic E-state index is 0.560. The first-order valence-corrected chi connectivity index (χ1v) is 8.99. The van der Waals surface area contributed by atoms with Gasteiger partial charge in [-0.3, -0.25) is 4.99 Å². The summed E-state index contributed by atoms with van der Waals surface area (Å²) in [5, 5.41) is 8.29. The highest BCUT2D eigenvalue weighted by molar-refractivity contribution is 7.07. The molecule has 0 spiro atoms. The van der Waals surface area contributed by atoms with E-state index in [1.807, 2.05) is 35.7 Å². The summed E-state index contributed by atoms with van der Waals surface area (Å²) in [6.45, 7) is 0. The zero-order valence-electron chi connectivity index (χ0n) is 12.6. The van der Waals surface area contributed by atoms with E-state index in [2.05, 4.69) is 10.1 Å². The summed E-state index contributed by atoms with van der Waals surface area (Å²) in [7, 11) is 1.72. The minimum absolute atomic E-state index is 0.560. The van der Waals surface area contributed by atoms with Crippen LogP contribution in [0.5, 0.6) is 0 Å². The first-order chi connectivity index (χ1) is 11.6. The van der Waals surface area contributed by atoms with Crippen molar-refractivity contribution < 1.29 is 0 Å². The van der Waals surface area contributed by atoms with Gasteiger partial charge in [0, 0.05) is 33.6 Å². The van der Waals surface area contributed by atoms with Gasteiger partial charge in [0.15, 0.2) is 0 Å². The van der Waals surface area contributed by atoms with E-state index in [-0.39, 0.29) is 0 Å². The molecule has 3 nitrogen and oxygen atoms in total. The third kappa shape index (κ3) is 3.57. The van der Waals surface area contributed by atoms with E-state index in [0.29, 0.717) is 15.1 Å². The fraction of sp³-hybridized carbons (Fsp3) is 0.0588. The van der Waals surface area contributed by atoms with Gasteiger partial charge in [0.1, 0.15) is 0 Å². The van der Waals surface area contributed by atoms with Gasteiger partial charge >= 0.3 is 0 Å². The Balaban J connectivity index is 2.11. The summed E-state index contributed by atoms with van der Waals surface area (Å²) in [4.78, 5) is 5.01. The average molecular weight is 397 g/mol. The Morgan fingerprint density at radius 3 is 2.54 bits per heavy atom. The molecule has 2 aromatic carbocycles. The third-order valence-corrected chi connectivity index (χ3v) is 5.10. The van der Waals surface area contributed by atoms with Crippen LogP contribution in [-0.2, 0) is 0 Å². The number of rotatable bonds is 3. The van der Waals surface area contributed by atoms with E-state index in [9.17, 15) is 0 Å². The molecule has 0 N–H and O–H groups in total. The van der Waals surface area contributed by atoms with Crippen molar-refractivity contribution in [2.75, 3.05) is 7.05 Å². The smallest absolute Gasteiger partial charge is 0.205 e. The van der Waals surface area contributed by atoms with Crippen LogP contribution in [0.2, 0.25) is 15.1 Å². The normalized spacial score (nSPS) is 12.2. The monoisotopic (exact) mass is 395 g/mol. The predicted molar refractivity (Wildman–Crippen MR) is 104 cm³/mol. The Morgan fingerprint density at radius 2 is 1.83 bits per heavy atom. The van der Waals surface area contributed by atoms with Crippen LogP contribution in [0.3, 0.4) is 0 Å². The summed E-state index contributed by atoms with van der Waals surface area (Å²) in [6.07, 6.45) is 1.71. The third-order valence-electron chi connectivity index (χ3n) is 3.30.